The number of rotatable bonds is 6. The molecule has 2 aromatic carbocycles. The van der Waals surface area contributed by atoms with E-state index in [9.17, 15) is 27.6 Å². The van der Waals surface area contributed by atoms with Crippen LogP contribution >= 0.6 is 11.3 Å². The van der Waals surface area contributed by atoms with E-state index in [2.05, 4.69) is 10.3 Å². The lowest BCUT2D eigenvalue weighted by Crippen LogP contribution is -2.31. The molecular formula is C25H25F3N4O4S. The van der Waals surface area contributed by atoms with Gasteiger partial charge in [-0.2, -0.15) is 13.2 Å². The molecule has 37 heavy (non-hydrogen) atoms. The summed E-state index contributed by atoms with van der Waals surface area (Å²) in [6.45, 7) is 4.10. The molecule has 2 heterocycles. The lowest BCUT2D eigenvalue weighted by molar-refractivity contribution is -0.137. The van der Waals surface area contributed by atoms with E-state index >= 15 is 0 Å². The highest BCUT2D eigenvalue weighted by Crippen LogP contribution is 2.40. The number of carbonyl (C=O) groups is 3. The number of anilines is 2. The van der Waals surface area contributed by atoms with Crippen LogP contribution in [0.1, 0.15) is 36.2 Å². The zero-order valence-corrected chi connectivity index (χ0v) is 21.2. The molecule has 12 heteroatoms. The number of thiazole rings is 1. The minimum absolute atomic E-state index is 0.0763. The topological polar surface area (TPSA) is 91.8 Å². The molecule has 1 saturated heterocycles. The van der Waals surface area contributed by atoms with Gasteiger partial charge in [-0.05, 0) is 43.7 Å². The SMILES string of the molecule is CCN(C(C)=O)c1ccc(OC)c2nc(NC(=O)[C@H]3CCN(C(=O)c4cccc(C(F)(F)F)c4)C3)sc12. The molecule has 0 saturated carbocycles. The Labute approximate surface area is 215 Å². The van der Waals surface area contributed by atoms with E-state index in [-0.39, 0.29) is 30.5 Å². The minimum atomic E-state index is -4.55. The van der Waals surface area contributed by atoms with Gasteiger partial charge < -0.3 is 19.9 Å². The van der Waals surface area contributed by atoms with E-state index in [0.717, 1.165) is 12.1 Å². The maximum Gasteiger partial charge on any atom is 0.416 e. The smallest absolute Gasteiger partial charge is 0.416 e. The van der Waals surface area contributed by atoms with Gasteiger partial charge in [-0.15, -0.1) is 0 Å². The summed E-state index contributed by atoms with van der Waals surface area (Å²) in [5.74, 6) is -1.09. The number of halogens is 3. The van der Waals surface area contributed by atoms with E-state index in [1.54, 1.807) is 17.0 Å². The van der Waals surface area contributed by atoms with E-state index in [4.69, 9.17) is 4.74 Å². The first kappa shape index (κ1) is 26.4. The summed E-state index contributed by atoms with van der Waals surface area (Å²) in [6, 6.07) is 7.73. The lowest BCUT2D eigenvalue weighted by atomic mass is 10.1. The summed E-state index contributed by atoms with van der Waals surface area (Å²) in [4.78, 5) is 45.4. The summed E-state index contributed by atoms with van der Waals surface area (Å²) in [7, 11) is 1.50. The Morgan fingerprint density at radius 3 is 2.65 bits per heavy atom. The van der Waals surface area contributed by atoms with Crippen molar-refractivity contribution in [2.45, 2.75) is 26.4 Å². The standard InChI is InChI=1S/C25H25F3N4O4S/c1-4-32(14(2)33)18-8-9-19(36-3)20-21(18)37-24(29-20)30-22(34)16-10-11-31(13-16)23(35)15-6-5-7-17(12-15)25(26,27)28/h5-9,12,16H,4,10-11,13H2,1-3H3,(H,29,30,34)/t16-/m0/s1. The van der Waals surface area contributed by atoms with Gasteiger partial charge in [0.1, 0.15) is 11.3 Å². The van der Waals surface area contributed by atoms with Gasteiger partial charge in [0.05, 0.1) is 29.0 Å². The van der Waals surface area contributed by atoms with Crippen molar-refractivity contribution in [3.05, 3.63) is 47.5 Å². The van der Waals surface area contributed by atoms with Crippen molar-refractivity contribution in [3.63, 3.8) is 0 Å². The predicted molar refractivity (Wildman–Crippen MR) is 134 cm³/mol. The average molecular weight is 535 g/mol. The fourth-order valence-electron chi connectivity index (χ4n) is 4.34. The van der Waals surface area contributed by atoms with Gasteiger partial charge >= 0.3 is 6.18 Å². The van der Waals surface area contributed by atoms with Crippen molar-refractivity contribution < 1.29 is 32.3 Å². The van der Waals surface area contributed by atoms with Crippen LogP contribution in [0.3, 0.4) is 0 Å². The summed E-state index contributed by atoms with van der Waals surface area (Å²) < 4.78 is 45.2. The van der Waals surface area contributed by atoms with Crippen LogP contribution in [-0.4, -0.2) is 54.3 Å². The second-order valence-corrected chi connectivity index (χ2v) is 9.55. The number of alkyl halides is 3. The summed E-state index contributed by atoms with van der Waals surface area (Å²) >= 11 is 1.21. The number of benzene rings is 2. The molecule has 1 atom stereocenters. The van der Waals surface area contributed by atoms with Crippen LogP contribution < -0.4 is 15.0 Å². The van der Waals surface area contributed by atoms with Crippen LogP contribution in [0.5, 0.6) is 5.75 Å². The van der Waals surface area contributed by atoms with Gasteiger partial charge in [0.15, 0.2) is 5.13 Å². The van der Waals surface area contributed by atoms with Crippen LogP contribution in [0.25, 0.3) is 10.2 Å². The number of carbonyl (C=O) groups excluding carboxylic acids is 3. The number of aromatic nitrogens is 1. The quantitative estimate of drug-likeness (QED) is 0.491. The third-order valence-electron chi connectivity index (χ3n) is 6.21. The second kappa shape index (κ2) is 10.4. The Hall–Kier alpha value is -3.67. The van der Waals surface area contributed by atoms with Crippen molar-refractivity contribution in [2.75, 3.05) is 37.0 Å². The molecule has 0 radical (unpaired) electrons. The zero-order chi connectivity index (χ0) is 26.9. The zero-order valence-electron chi connectivity index (χ0n) is 20.4. The first-order valence-corrected chi connectivity index (χ1v) is 12.4. The first-order chi connectivity index (χ1) is 17.5. The molecule has 3 amide bonds. The molecule has 8 nitrogen and oxygen atoms in total. The molecule has 1 aromatic heterocycles. The molecule has 0 unspecified atom stereocenters. The fourth-order valence-corrected chi connectivity index (χ4v) is 5.35. The molecule has 0 bridgehead atoms. The van der Waals surface area contributed by atoms with Crippen molar-refractivity contribution in [1.29, 1.82) is 0 Å². The molecular weight excluding hydrogens is 509 g/mol. The number of amides is 3. The second-order valence-electron chi connectivity index (χ2n) is 8.55. The number of likely N-dealkylation sites (tertiary alicyclic amines) is 1. The van der Waals surface area contributed by atoms with Gasteiger partial charge in [0.25, 0.3) is 5.91 Å². The summed E-state index contributed by atoms with van der Waals surface area (Å²) in [5.41, 5.74) is 0.187. The molecule has 196 valence electrons. The van der Waals surface area contributed by atoms with Crippen molar-refractivity contribution in [1.82, 2.24) is 9.88 Å². The maximum atomic E-state index is 13.0. The molecule has 4 rings (SSSR count). The predicted octanol–water partition coefficient (Wildman–Crippen LogP) is 4.80. The lowest BCUT2D eigenvalue weighted by Gasteiger charge is -2.20. The monoisotopic (exact) mass is 534 g/mol. The number of fused-ring (bicyclic) bond motifs is 1. The third kappa shape index (κ3) is 5.38. The fraction of sp³-hybridized carbons (Fsp3) is 0.360. The normalized spacial score (nSPS) is 15.6. The Balaban J connectivity index is 1.50. The highest BCUT2D eigenvalue weighted by atomic mass is 32.1. The van der Waals surface area contributed by atoms with Gasteiger partial charge in [0.2, 0.25) is 11.8 Å². The number of ether oxygens (including phenoxy) is 1. The van der Waals surface area contributed by atoms with E-state index in [0.29, 0.717) is 39.8 Å². The number of hydrogen-bond donors (Lipinski definition) is 1. The molecule has 1 aliphatic rings. The van der Waals surface area contributed by atoms with Crippen LogP contribution in [-0.2, 0) is 15.8 Å². The van der Waals surface area contributed by atoms with Crippen LogP contribution in [0.15, 0.2) is 36.4 Å². The molecule has 0 aliphatic carbocycles. The molecule has 1 N–H and O–H groups in total. The molecule has 1 fully saturated rings. The van der Waals surface area contributed by atoms with Gasteiger partial charge in [-0.1, -0.05) is 17.4 Å². The van der Waals surface area contributed by atoms with Crippen LogP contribution in [0.2, 0.25) is 0 Å². The maximum absolute atomic E-state index is 13.0. The number of nitrogens with one attached hydrogen (secondary N) is 1. The third-order valence-corrected chi connectivity index (χ3v) is 7.20. The van der Waals surface area contributed by atoms with Gasteiger partial charge in [-0.25, -0.2) is 4.98 Å². The Bertz CT molecular complexity index is 1360. The largest absolute Gasteiger partial charge is 0.494 e. The highest BCUT2D eigenvalue weighted by molar-refractivity contribution is 7.23. The van der Waals surface area contributed by atoms with E-state index in [1.807, 2.05) is 6.92 Å². The summed E-state index contributed by atoms with van der Waals surface area (Å²) in [5, 5.41) is 3.10. The van der Waals surface area contributed by atoms with E-state index < -0.39 is 23.6 Å². The average Bonchev–Trinajstić information content (AvgIpc) is 3.51. The van der Waals surface area contributed by atoms with Gasteiger partial charge in [0, 0.05) is 32.1 Å². The summed E-state index contributed by atoms with van der Waals surface area (Å²) in [6.07, 6.45) is -4.19. The minimum Gasteiger partial charge on any atom is -0.494 e. The number of methoxy groups -OCH3 is 1. The first-order valence-electron chi connectivity index (χ1n) is 11.6. The van der Waals surface area contributed by atoms with E-state index in [1.165, 1.54) is 42.4 Å². The molecule has 3 aromatic rings. The Morgan fingerprint density at radius 2 is 2.00 bits per heavy atom. The van der Waals surface area contributed by atoms with Gasteiger partial charge in [-0.3, -0.25) is 14.4 Å². The Morgan fingerprint density at radius 1 is 1.24 bits per heavy atom. The number of nitrogens with zero attached hydrogens (tertiary/aromatic N) is 3. The molecule has 1 aliphatic heterocycles. The van der Waals surface area contributed by atoms with Crippen molar-refractivity contribution in [3.8, 4) is 5.75 Å². The Kier molecular flexibility index (Phi) is 7.39. The van der Waals surface area contributed by atoms with Crippen molar-refractivity contribution in [2.24, 2.45) is 5.92 Å². The highest BCUT2D eigenvalue weighted by Gasteiger charge is 2.34. The molecule has 0 spiro atoms. The van der Waals surface area contributed by atoms with Crippen molar-refractivity contribution >= 4 is 50.1 Å². The van der Waals surface area contributed by atoms with Crippen LogP contribution in [0, 0.1) is 5.92 Å². The van der Waals surface area contributed by atoms with Crippen LogP contribution in [0.4, 0.5) is 24.0 Å². The number of hydrogen-bond acceptors (Lipinski definition) is 6.